The van der Waals surface area contributed by atoms with E-state index >= 15 is 0 Å². The van der Waals surface area contributed by atoms with Crippen LogP contribution >= 0.6 is 0 Å². The van der Waals surface area contributed by atoms with Crippen molar-refractivity contribution in [1.82, 2.24) is 0 Å². The van der Waals surface area contributed by atoms with Gasteiger partial charge in [0.25, 0.3) is 5.91 Å². The molecule has 0 heterocycles. The highest BCUT2D eigenvalue weighted by atomic mass is 16.1. The van der Waals surface area contributed by atoms with Crippen LogP contribution in [0.25, 0.3) is 0 Å². The Bertz CT molecular complexity index is 875. The van der Waals surface area contributed by atoms with E-state index in [0.29, 0.717) is 11.5 Å². The molecule has 1 saturated carbocycles. The van der Waals surface area contributed by atoms with E-state index in [0.717, 1.165) is 12.1 Å². The molecular formula is C22H20N2O. The third-order valence-corrected chi connectivity index (χ3v) is 4.92. The van der Waals surface area contributed by atoms with Gasteiger partial charge in [-0.05, 0) is 41.8 Å². The fourth-order valence-corrected chi connectivity index (χ4v) is 3.35. The highest BCUT2D eigenvalue weighted by molar-refractivity contribution is 6.04. The zero-order valence-corrected chi connectivity index (χ0v) is 13.9. The minimum absolute atomic E-state index is 0.0998. The first-order chi connectivity index (χ1) is 12.2. The monoisotopic (exact) mass is 328 g/mol. The van der Waals surface area contributed by atoms with Crippen LogP contribution in [-0.2, 0) is 5.54 Å². The summed E-state index contributed by atoms with van der Waals surface area (Å²) in [5.74, 6) is 0.228. The maximum Gasteiger partial charge on any atom is 0.255 e. The highest BCUT2D eigenvalue weighted by Gasteiger charge is 2.52. The summed E-state index contributed by atoms with van der Waals surface area (Å²) in [6.45, 7) is 0. The van der Waals surface area contributed by atoms with Crippen LogP contribution in [0.1, 0.15) is 33.8 Å². The van der Waals surface area contributed by atoms with Gasteiger partial charge >= 0.3 is 0 Å². The molecule has 0 aliphatic heterocycles. The van der Waals surface area contributed by atoms with Gasteiger partial charge < -0.3 is 11.1 Å². The van der Waals surface area contributed by atoms with Crippen molar-refractivity contribution in [3.05, 3.63) is 102 Å². The van der Waals surface area contributed by atoms with Crippen LogP contribution in [0.15, 0.2) is 84.9 Å². The van der Waals surface area contributed by atoms with Crippen molar-refractivity contribution >= 4 is 11.6 Å². The van der Waals surface area contributed by atoms with Crippen LogP contribution in [-0.4, -0.2) is 5.91 Å². The molecule has 3 aromatic rings. The molecule has 3 aromatic carbocycles. The molecule has 0 radical (unpaired) electrons. The second-order valence-corrected chi connectivity index (χ2v) is 6.61. The van der Waals surface area contributed by atoms with Crippen molar-refractivity contribution in [1.29, 1.82) is 0 Å². The third-order valence-electron chi connectivity index (χ3n) is 4.92. The molecule has 1 aliphatic carbocycles. The van der Waals surface area contributed by atoms with Gasteiger partial charge in [-0.25, -0.2) is 0 Å². The van der Waals surface area contributed by atoms with E-state index in [1.165, 1.54) is 11.1 Å². The van der Waals surface area contributed by atoms with Crippen molar-refractivity contribution in [2.75, 3.05) is 5.32 Å². The first-order valence-electron chi connectivity index (χ1n) is 8.47. The summed E-state index contributed by atoms with van der Waals surface area (Å²) in [5, 5.41) is 2.93. The Labute approximate surface area is 147 Å². The molecule has 2 unspecified atom stereocenters. The summed E-state index contributed by atoms with van der Waals surface area (Å²) in [6, 6.07) is 27.5. The molecule has 4 rings (SSSR count). The van der Waals surface area contributed by atoms with Gasteiger partial charge in [-0.3, -0.25) is 4.79 Å². The van der Waals surface area contributed by atoms with Crippen molar-refractivity contribution < 1.29 is 4.79 Å². The number of benzene rings is 3. The van der Waals surface area contributed by atoms with Crippen LogP contribution in [0.2, 0.25) is 0 Å². The quantitative estimate of drug-likeness (QED) is 0.751. The lowest BCUT2D eigenvalue weighted by Crippen LogP contribution is -2.21. The van der Waals surface area contributed by atoms with Gasteiger partial charge in [-0.2, -0.15) is 0 Å². The molecule has 0 bridgehead atoms. The summed E-state index contributed by atoms with van der Waals surface area (Å²) in [4.78, 5) is 12.2. The van der Waals surface area contributed by atoms with Gasteiger partial charge in [-0.1, -0.05) is 60.7 Å². The van der Waals surface area contributed by atoms with Crippen LogP contribution < -0.4 is 11.1 Å². The number of carbonyl (C=O) groups excluding carboxylic acids is 1. The summed E-state index contributed by atoms with van der Waals surface area (Å²) in [7, 11) is 0. The molecule has 124 valence electrons. The average Bonchev–Trinajstić information content (AvgIpc) is 3.37. The van der Waals surface area contributed by atoms with E-state index < -0.39 is 0 Å². The summed E-state index contributed by atoms with van der Waals surface area (Å²) >= 11 is 0. The molecule has 0 saturated heterocycles. The van der Waals surface area contributed by atoms with Crippen molar-refractivity contribution in [3.63, 3.8) is 0 Å². The first-order valence-corrected chi connectivity index (χ1v) is 8.47. The Morgan fingerprint density at radius 3 is 2.12 bits per heavy atom. The van der Waals surface area contributed by atoms with Gasteiger partial charge in [-0.15, -0.1) is 0 Å². The van der Waals surface area contributed by atoms with Gasteiger partial charge in [0.15, 0.2) is 0 Å². The highest BCUT2D eigenvalue weighted by Crippen LogP contribution is 2.56. The van der Waals surface area contributed by atoms with Crippen molar-refractivity contribution in [2.24, 2.45) is 5.73 Å². The Hall–Kier alpha value is -2.91. The lowest BCUT2D eigenvalue weighted by atomic mass is 9.99. The van der Waals surface area contributed by atoms with E-state index in [9.17, 15) is 4.79 Å². The molecule has 3 nitrogen and oxygen atoms in total. The molecule has 1 fully saturated rings. The number of amides is 1. The summed E-state index contributed by atoms with van der Waals surface area (Å²) < 4.78 is 0. The molecular weight excluding hydrogens is 308 g/mol. The minimum atomic E-state index is -0.268. The predicted octanol–water partition coefficient (Wildman–Crippen LogP) is 4.28. The number of nitrogens with one attached hydrogen (secondary N) is 1. The van der Waals surface area contributed by atoms with Crippen molar-refractivity contribution in [3.8, 4) is 0 Å². The molecule has 3 N–H and O–H groups in total. The van der Waals surface area contributed by atoms with Crippen LogP contribution in [0.5, 0.6) is 0 Å². The molecule has 3 heteroatoms. The second kappa shape index (κ2) is 6.19. The number of hydrogen-bond donors (Lipinski definition) is 2. The molecule has 25 heavy (non-hydrogen) atoms. The predicted molar refractivity (Wildman–Crippen MR) is 101 cm³/mol. The van der Waals surface area contributed by atoms with Crippen LogP contribution in [0.3, 0.4) is 0 Å². The molecule has 0 spiro atoms. The number of hydrogen-bond acceptors (Lipinski definition) is 2. The molecule has 2 atom stereocenters. The van der Waals surface area contributed by atoms with Gasteiger partial charge in [0.2, 0.25) is 0 Å². The fraction of sp³-hybridized carbons (Fsp3) is 0.136. The van der Waals surface area contributed by atoms with Gasteiger partial charge in [0, 0.05) is 22.7 Å². The van der Waals surface area contributed by atoms with Gasteiger partial charge in [0.1, 0.15) is 0 Å². The Morgan fingerprint density at radius 1 is 0.880 bits per heavy atom. The Balaban J connectivity index is 1.46. The van der Waals surface area contributed by atoms with Gasteiger partial charge in [0.05, 0.1) is 0 Å². The maximum absolute atomic E-state index is 12.2. The Morgan fingerprint density at radius 2 is 1.48 bits per heavy atom. The molecule has 1 amide bonds. The average molecular weight is 328 g/mol. The lowest BCUT2D eigenvalue weighted by Gasteiger charge is -2.12. The van der Waals surface area contributed by atoms with E-state index in [2.05, 4.69) is 29.6 Å². The zero-order valence-electron chi connectivity index (χ0n) is 13.9. The Kier molecular flexibility index (Phi) is 3.86. The number of anilines is 1. The largest absolute Gasteiger partial charge is 0.322 e. The minimum Gasteiger partial charge on any atom is -0.322 e. The topological polar surface area (TPSA) is 55.1 Å². The van der Waals surface area contributed by atoms with Crippen LogP contribution in [0.4, 0.5) is 5.69 Å². The number of carbonyl (C=O) groups is 1. The first kappa shape index (κ1) is 15.6. The zero-order chi connectivity index (χ0) is 17.3. The normalized spacial score (nSPS) is 21.6. The van der Waals surface area contributed by atoms with Crippen molar-refractivity contribution in [2.45, 2.75) is 17.9 Å². The third kappa shape index (κ3) is 3.06. The van der Waals surface area contributed by atoms with E-state index in [1.807, 2.05) is 48.5 Å². The number of nitrogens with two attached hydrogens (primary N) is 1. The lowest BCUT2D eigenvalue weighted by molar-refractivity contribution is 0.102. The summed E-state index contributed by atoms with van der Waals surface area (Å²) in [6.07, 6.45) is 0.951. The smallest absolute Gasteiger partial charge is 0.255 e. The van der Waals surface area contributed by atoms with E-state index in [-0.39, 0.29) is 11.4 Å². The molecule has 1 aliphatic rings. The second-order valence-electron chi connectivity index (χ2n) is 6.61. The number of rotatable bonds is 4. The van der Waals surface area contributed by atoms with E-state index in [1.54, 1.807) is 12.1 Å². The van der Waals surface area contributed by atoms with Crippen LogP contribution in [0, 0.1) is 0 Å². The van der Waals surface area contributed by atoms with E-state index in [4.69, 9.17) is 5.73 Å². The molecule has 0 aromatic heterocycles. The fourth-order valence-electron chi connectivity index (χ4n) is 3.35. The SMILES string of the molecule is NC1(c2ccccc2)CC1c1ccc(NC(=O)c2ccccc2)cc1. The summed E-state index contributed by atoms with van der Waals surface area (Å²) in [5.41, 5.74) is 10.1. The maximum atomic E-state index is 12.2. The standard InChI is InChI=1S/C22H20N2O/c23-22(18-9-5-2-6-10-18)15-20(22)16-11-13-19(14-12-16)24-21(25)17-7-3-1-4-8-17/h1-14,20H,15,23H2,(H,24,25).